The molecule has 94 valence electrons. The van der Waals surface area contributed by atoms with Gasteiger partial charge in [-0.3, -0.25) is 0 Å². The molecule has 1 unspecified atom stereocenters. The van der Waals surface area contributed by atoms with Crippen LogP contribution in [0.5, 0.6) is 5.75 Å². The first-order valence-electron chi connectivity index (χ1n) is 6.40. The molecule has 2 nitrogen and oxygen atoms in total. The molecule has 0 aliphatic heterocycles. The zero-order chi connectivity index (χ0) is 12.3. The first kappa shape index (κ1) is 12.7. The molecule has 1 atom stereocenters. The predicted molar refractivity (Wildman–Crippen MR) is 71.4 cm³/mol. The molecular weight excluding hydrogens is 234 g/mol. The van der Waals surface area contributed by atoms with Crippen molar-refractivity contribution in [3.8, 4) is 5.75 Å². The van der Waals surface area contributed by atoms with E-state index in [0.717, 1.165) is 17.9 Å². The average molecular weight is 254 g/mol. The Morgan fingerprint density at radius 3 is 2.88 bits per heavy atom. The molecule has 17 heavy (non-hydrogen) atoms. The molecule has 1 aromatic carbocycles. The zero-order valence-electron chi connectivity index (χ0n) is 10.2. The summed E-state index contributed by atoms with van der Waals surface area (Å²) in [4.78, 5) is 0. The van der Waals surface area contributed by atoms with Crippen LogP contribution < -0.4 is 5.32 Å². The van der Waals surface area contributed by atoms with Gasteiger partial charge < -0.3 is 10.4 Å². The van der Waals surface area contributed by atoms with Gasteiger partial charge in [0.25, 0.3) is 0 Å². The van der Waals surface area contributed by atoms with Gasteiger partial charge >= 0.3 is 0 Å². The molecule has 1 aromatic rings. The third-order valence-electron chi connectivity index (χ3n) is 3.46. The van der Waals surface area contributed by atoms with Crippen molar-refractivity contribution in [2.24, 2.45) is 5.92 Å². The molecular formula is C14H20ClNO. The smallest absolute Gasteiger partial charge is 0.138 e. The summed E-state index contributed by atoms with van der Waals surface area (Å²) in [5.41, 5.74) is 0.881. The lowest BCUT2D eigenvalue weighted by atomic mass is 10.1. The molecule has 0 radical (unpaired) electrons. The molecule has 1 saturated carbocycles. The van der Waals surface area contributed by atoms with Crippen LogP contribution in [0.3, 0.4) is 0 Å². The number of hydrogen-bond acceptors (Lipinski definition) is 2. The summed E-state index contributed by atoms with van der Waals surface area (Å²) in [6.07, 6.45) is 5.18. The van der Waals surface area contributed by atoms with Crippen LogP contribution in [0.2, 0.25) is 5.02 Å². The number of hydrogen-bond donors (Lipinski definition) is 2. The maximum atomic E-state index is 9.81. The Kier molecular flexibility index (Phi) is 4.30. The SMILES string of the molecule is CCC(CC1CC1)NCc1cccc(Cl)c1O. The van der Waals surface area contributed by atoms with Crippen LogP contribution in [0.4, 0.5) is 0 Å². The van der Waals surface area contributed by atoms with Crippen LogP contribution in [-0.2, 0) is 6.54 Å². The number of halogens is 1. The van der Waals surface area contributed by atoms with Crippen molar-refractivity contribution in [3.63, 3.8) is 0 Å². The van der Waals surface area contributed by atoms with Gasteiger partial charge in [-0.15, -0.1) is 0 Å². The van der Waals surface area contributed by atoms with Gasteiger partial charge in [0, 0.05) is 18.2 Å². The van der Waals surface area contributed by atoms with E-state index in [1.807, 2.05) is 12.1 Å². The second-order valence-electron chi connectivity index (χ2n) is 4.91. The van der Waals surface area contributed by atoms with Crippen LogP contribution in [0.15, 0.2) is 18.2 Å². The lowest BCUT2D eigenvalue weighted by Gasteiger charge is -2.17. The molecule has 2 rings (SSSR count). The molecule has 1 aliphatic rings. The van der Waals surface area contributed by atoms with E-state index in [1.54, 1.807) is 6.07 Å². The molecule has 0 amide bonds. The summed E-state index contributed by atoms with van der Waals surface area (Å²) >= 11 is 5.88. The lowest BCUT2D eigenvalue weighted by Crippen LogP contribution is -2.28. The number of phenols is 1. The van der Waals surface area contributed by atoms with Gasteiger partial charge in [-0.05, 0) is 24.8 Å². The fraction of sp³-hybridized carbons (Fsp3) is 0.571. The molecule has 0 heterocycles. The molecule has 3 heteroatoms. The molecule has 0 saturated heterocycles. The molecule has 0 aromatic heterocycles. The summed E-state index contributed by atoms with van der Waals surface area (Å²) < 4.78 is 0. The van der Waals surface area contributed by atoms with Gasteiger partial charge in [0.2, 0.25) is 0 Å². The van der Waals surface area contributed by atoms with Crippen molar-refractivity contribution in [3.05, 3.63) is 28.8 Å². The van der Waals surface area contributed by atoms with Gasteiger partial charge in [-0.25, -0.2) is 0 Å². The van der Waals surface area contributed by atoms with Crippen LogP contribution in [0, 0.1) is 5.92 Å². The highest BCUT2D eigenvalue weighted by Crippen LogP contribution is 2.34. The Morgan fingerprint density at radius 1 is 1.47 bits per heavy atom. The fourth-order valence-electron chi connectivity index (χ4n) is 2.11. The number of nitrogens with one attached hydrogen (secondary N) is 1. The monoisotopic (exact) mass is 253 g/mol. The predicted octanol–water partition coefficient (Wildman–Crippen LogP) is 3.71. The van der Waals surface area contributed by atoms with Gasteiger partial charge in [-0.1, -0.05) is 43.5 Å². The van der Waals surface area contributed by atoms with Crippen molar-refractivity contribution in [1.82, 2.24) is 5.32 Å². The molecule has 0 spiro atoms. The third-order valence-corrected chi connectivity index (χ3v) is 3.76. The summed E-state index contributed by atoms with van der Waals surface area (Å²) in [5, 5.41) is 13.7. The molecule has 0 bridgehead atoms. The van der Waals surface area contributed by atoms with E-state index in [2.05, 4.69) is 12.2 Å². The van der Waals surface area contributed by atoms with Crippen molar-refractivity contribution < 1.29 is 5.11 Å². The van der Waals surface area contributed by atoms with E-state index in [-0.39, 0.29) is 5.75 Å². The van der Waals surface area contributed by atoms with E-state index >= 15 is 0 Å². The highest BCUT2D eigenvalue weighted by atomic mass is 35.5. The first-order valence-corrected chi connectivity index (χ1v) is 6.78. The van der Waals surface area contributed by atoms with Gasteiger partial charge in [0.1, 0.15) is 5.75 Å². The minimum atomic E-state index is 0.211. The quantitative estimate of drug-likeness (QED) is 0.810. The van der Waals surface area contributed by atoms with Crippen molar-refractivity contribution in [2.75, 3.05) is 0 Å². The summed E-state index contributed by atoms with van der Waals surface area (Å²) in [6, 6.07) is 6.06. The Morgan fingerprint density at radius 2 is 2.24 bits per heavy atom. The zero-order valence-corrected chi connectivity index (χ0v) is 11.0. The largest absolute Gasteiger partial charge is 0.506 e. The standard InChI is InChI=1S/C14H20ClNO/c1-2-12(8-10-6-7-10)16-9-11-4-3-5-13(15)14(11)17/h3-5,10,12,16-17H,2,6-9H2,1H3. The van der Waals surface area contributed by atoms with Crippen LogP contribution in [-0.4, -0.2) is 11.1 Å². The minimum Gasteiger partial charge on any atom is -0.506 e. The van der Waals surface area contributed by atoms with Crippen LogP contribution in [0.25, 0.3) is 0 Å². The highest BCUT2D eigenvalue weighted by Gasteiger charge is 2.24. The van der Waals surface area contributed by atoms with Crippen LogP contribution in [0.1, 0.15) is 38.2 Å². The van der Waals surface area contributed by atoms with Crippen molar-refractivity contribution in [1.29, 1.82) is 0 Å². The van der Waals surface area contributed by atoms with Crippen molar-refractivity contribution >= 4 is 11.6 Å². The number of phenolic OH excluding ortho intramolecular Hbond substituents is 1. The first-order chi connectivity index (χ1) is 8.20. The average Bonchev–Trinajstić information content (AvgIpc) is 3.13. The topological polar surface area (TPSA) is 32.3 Å². The van der Waals surface area contributed by atoms with Gasteiger partial charge in [0.05, 0.1) is 5.02 Å². The summed E-state index contributed by atoms with van der Waals surface area (Å²) in [6.45, 7) is 2.90. The Hall–Kier alpha value is -0.730. The second kappa shape index (κ2) is 5.74. The van der Waals surface area contributed by atoms with Gasteiger partial charge in [-0.2, -0.15) is 0 Å². The van der Waals surface area contributed by atoms with E-state index in [1.165, 1.54) is 19.3 Å². The Balaban J connectivity index is 1.88. The molecule has 2 N–H and O–H groups in total. The minimum absolute atomic E-state index is 0.211. The molecule has 1 aliphatic carbocycles. The fourth-order valence-corrected chi connectivity index (χ4v) is 2.30. The number of para-hydroxylation sites is 1. The van der Waals surface area contributed by atoms with E-state index in [4.69, 9.17) is 11.6 Å². The molecule has 1 fully saturated rings. The highest BCUT2D eigenvalue weighted by molar-refractivity contribution is 6.32. The van der Waals surface area contributed by atoms with Crippen molar-refractivity contribution in [2.45, 2.75) is 45.2 Å². The lowest BCUT2D eigenvalue weighted by molar-refractivity contribution is 0.429. The van der Waals surface area contributed by atoms with E-state index in [0.29, 0.717) is 17.6 Å². The summed E-state index contributed by atoms with van der Waals surface area (Å²) in [5.74, 6) is 1.14. The van der Waals surface area contributed by atoms with Crippen LogP contribution >= 0.6 is 11.6 Å². The second-order valence-corrected chi connectivity index (χ2v) is 5.32. The number of rotatable bonds is 6. The van der Waals surface area contributed by atoms with E-state index < -0.39 is 0 Å². The van der Waals surface area contributed by atoms with Gasteiger partial charge in [0.15, 0.2) is 0 Å². The number of aromatic hydroxyl groups is 1. The maximum absolute atomic E-state index is 9.81. The Labute approximate surface area is 108 Å². The Bertz CT molecular complexity index is 376. The third kappa shape index (κ3) is 3.62. The maximum Gasteiger partial charge on any atom is 0.138 e. The normalized spacial score (nSPS) is 17.1. The summed E-state index contributed by atoms with van der Waals surface area (Å²) in [7, 11) is 0. The number of benzene rings is 1. The van der Waals surface area contributed by atoms with E-state index in [9.17, 15) is 5.11 Å².